The number of hydrogen-bond donors (Lipinski definition) is 3. The minimum absolute atomic E-state index is 0.104. The number of rotatable bonds is 12. The Morgan fingerprint density at radius 2 is 1.50 bits per heavy atom. The summed E-state index contributed by atoms with van der Waals surface area (Å²) in [6, 6.07) is 12.8. The van der Waals surface area contributed by atoms with Crippen LogP contribution in [0.4, 0.5) is 4.79 Å². The van der Waals surface area contributed by atoms with Gasteiger partial charge in [-0.15, -0.1) is 0 Å². The molecule has 0 aliphatic rings. The molecule has 0 aliphatic heterocycles. The number of amides is 4. The standard InChI is InChI=1S/C35H46N4O7/c1-10-39(31(42)26(18-19-28(36)40)38-33(44)46-35(7,8)9)29(25-20-22(2)16-17-23(25)3)30(41)37-27(32(43)45-34(4,5)6)21-24-14-12-11-13-15-24/h1,11-17,20,26-27,29H,18-19,21H2,2-9H3,(H2,36,40)(H,37,41)(H,38,44). The first-order valence-corrected chi connectivity index (χ1v) is 15.0. The first kappa shape index (κ1) is 37.3. The third kappa shape index (κ3) is 11.9. The number of carbonyl (C=O) groups excluding carboxylic acids is 5. The molecule has 0 spiro atoms. The van der Waals surface area contributed by atoms with Crippen LogP contribution in [0.15, 0.2) is 48.5 Å². The van der Waals surface area contributed by atoms with Crippen molar-refractivity contribution in [2.45, 2.75) is 104 Å². The van der Waals surface area contributed by atoms with Crippen LogP contribution in [-0.2, 0) is 35.1 Å². The van der Waals surface area contributed by atoms with E-state index in [1.807, 2.05) is 43.3 Å². The zero-order valence-electron chi connectivity index (χ0n) is 27.9. The number of ether oxygens (including phenoxy) is 2. The molecule has 11 nitrogen and oxygen atoms in total. The molecule has 2 rings (SSSR count). The second-order valence-corrected chi connectivity index (χ2v) is 13.1. The lowest BCUT2D eigenvalue weighted by Crippen LogP contribution is -2.54. The van der Waals surface area contributed by atoms with Gasteiger partial charge in [-0.2, -0.15) is 0 Å². The smallest absolute Gasteiger partial charge is 0.408 e. The Bertz CT molecular complexity index is 1450. The van der Waals surface area contributed by atoms with Gasteiger partial charge in [-0.05, 0) is 78.5 Å². The van der Waals surface area contributed by atoms with Crippen LogP contribution in [0, 0.1) is 26.3 Å². The average molecular weight is 635 g/mol. The number of primary amides is 1. The molecule has 11 heteroatoms. The summed E-state index contributed by atoms with van der Waals surface area (Å²) < 4.78 is 11.0. The maximum atomic E-state index is 14.3. The lowest BCUT2D eigenvalue weighted by Gasteiger charge is -2.32. The van der Waals surface area contributed by atoms with Gasteiger partial charge in [-0.25, -0.2) is 9.59 Å². The highest BCUT2D eigenvalue weighted by Gasteiger charge is 2.38. The van der Waals surface area contributed by atoms with Gasteiger partial charge >= 0.3 is 12.1 Å². The van der Waals surface area contributed by atoms with E-state index in [1.54, 1.807) is 60.6 Å². The second-order valence-electron chi connectivity index (χ2n) is 13.1. The topological polar surface area (TPSA) is 157 Å². The molecule has 0 aromatic heterocycles. The van der Waals surface area contributed by atoms with Gasteiger partial charge in [0.05, 0.1) is 0 Å². The number of nitrogens with one attached hydrogen (secondary N) is 2. The van der Waals surface area contributed by atoms with Crippen LogP contribution in [0.3, 0.4) is 0 Å². The number of nitrogens with two attached hydrogens (primary N) is 1. The lowest BCUT2D eigenvalue weighted by atomic mass is 9.95. The molecule has 0 radical (unpaired) electrons. The first-order chi connectivity index (χ1) is 21.3. The third-order valence-corrected chi connectivity index (χ3v) is 6.57. The van der Waals surface area contributed by atoms with Crippen molar-refractivity contribution >= 4 is 29.8 Å². The number of nitrogens with zero attached hydrogens (tertiary/aromatic N) is 1. The molecule has 3 atom stereocenters. The Balaban J connectivity index is 2.61. The van der Waals surface area contributed by atoms with Crippen molar-refractivity contribution in [1.29, 1.82) is 0 Å². The number of hydrogen-bond acceptors (Lipinski definition) is 7. The summed E-state index contributed by atoms with van der Waals surface area (Å²) in [4.78, 5) is 67.0. The van der Waals surface area contributed by atoms with Crippen LogP contribution in [0.5, 0.6) is 0 Å². The zero-order valence-corrected chi connectivity index (χ0v) is 27.9. The van der Waals surface area contributed by atoms with Gasteiger partial charge < -0.3 is 25.8 Å². The monoisotopic (exact) mass is 634 g/mol. The highest BCUT2D eigenvalue weighted by atomic mass is 16.6. The fraction of sp³-hybridized carbons (Fsp3) is 0.457. The molecular formula is C35H46N4O7. The van der Waals surface area contributed by atoms with Crippen molar-refractivity contribution in [2.24, 2.45) is 5.73 Å². The molecule has 0 aliphatic carbocycles. The summed E-state index contributed by atoms with van der Waals surface area (Å²) in [5, 5.41) is 5.25. The molecule has 0 heterocycles. The third-order valence-electron chi connectivity index (χ3n) is 6.57. The first-order valence-electron chi connectivity index (χ1n) is 15.0. The SMILES string of the molecule is C#CN(C(=O)C(CCC(N)=O)NC(=O)OC(C)(C)C)C(C(=O)NC(Cc1ccccc1)C(=O)OC(C)(C)C)c1cc(C)ccc1C. The summed E-state index contributed by atoms with van der Waals surface area (Å²) in [7, 11) is 0. The number of terminal acetylenes is 1. The average Bonchev–Trinajstić information content (AvgIpc) is 2.93. The second kappa shape index (κ2) is 15.9. The molecule has 0 saturated carbocycles. The molecule has 4 amide bonds. The van der Waals surface area contributed by atoms with Crippen LogP contribution < -0.4 is 16.4 Å². The Morgan fingerprint density at radius 1 is 0.891 bits per heavy atom. The van der Waals surface area contributed by atoms with Crippen molar-refractivity contribution < 1.29 is 33.4 Å². The Morgan fingerprint density at radius 3 is 2.04 bits per heavy atom. The van der Waals surface area contributed by atoms with E-state index in [2.05, 4.69) is 16.7 Å². The van der Waals surface area contributed by atoms with Gasteiger partial charge in [0.2, 0.25) is 11.8 Å². The fourth-order valence-electron chi connectivity index (χ4n) is 4.55. The van der Waals surface area contributed by atoms with E-state index < -0.39 is 59.1 Å². The molecule has 3 unspecified atom stereocenters. The van der Waals surface area contributed by atoms with E-state index in [9.17, 15) is 24.0 Å². The summed E-state index contributed by atoms with van der Waals surface area (Å²) in [6.45, 7) is 13.7. The van der Waals surface area contributed by atoms with Crippen LogP contribution in [-0.4, -0.2) is 58.0 Å². The molecule has 0 fully saturated rings. The van der Waals surface area contributed by atoms with Gasteiger partial charge in [-0.1, -0.05) is 60.5 Å². The predicted molar refractivity (Wildman–Crippen MR) is 174 cm³/mol. The van der Waals surface area contributed by atoms with Crippen molar-refractivity contribution in [1.82, 2.24) is 15.5 Å². The van der Waals surface area contributed by atoms with Crippen molar-refractivity contribution in [3.05, 3.63) is 70.8 Å². The van der Waals surface area contributed by atoms with Gasteiger partial charge in [0.1, 0.15) is 29.3 Å². The maximum absolute atomic E-state index is 14.3. The Kier molecular flexibility index (Phi) is 12.9. The van der Waals surface area contributed by atoms with E-state index in [0.29, 0.717) is 11.1 Å². The van der Waals surface area contributed by atoms with Crippen LogP contribution in [0.25, 0.3) is 0 Å². The molecule has 248 valence electrons. The zero-order chi connectivity index (χ0) is 34.8. The highest BCUT2D eigenvalue weighted by molar-refractivity contribution is 5.95. The normalized spacial score (nSPS) is 13.3. The van der Waals surface area contributed by atoms with Crippen LogP contribution in [0.2, 0.25) is 0 Å². The molecule has 2 aromatic carbocycles. The quantitative estimate of drug-likeness (QED) is 0.181. The minimum atomic E-state index is -1.44. The Labute approximate surface area is 271 Å². The number of carbonyl (C=O) groups is 5. The lowest BCUT2D eigenvalue weighted by molar-refractivity contribution is -0.159. The van der Waals surface area contributed by atoms with E-state index >= 15 is 0 Å². The van der Waals surface area contributed by atoms with Gasteiger partial charge in [0.25, 0.3) is 5.91 Å². The molecule has 46 heavy (non-hydrogen) atoms. The molecule has 4 N–H and O–H groups in total. The van der Waals surface area contributed by atoms with Crippen LogP contribution >= 0.6 is 0 Å². The van der Waals surface area contributed by atoms with Crippen molar-refractivity contribution in [3.8, 4) is 12.5 Å². The number of benzene rings is 2. The minimum Gasteiger partial charge on any atom is -0.458 e. The molecular weight excluding hydrogens is 588 g/mol. The molecule has 0 saturated heterocycles. The Hall–Kier alpha value is -4.85. The predicted octanol–water partition coefficient (Wildman–Crippen LogP) is 3.99. The van der Waals surface area contributed by atoms with Gasteiger partial charge in [0, 0.05) is 18.9 Å². The largest absolute Gasteiger partial charge is 0.458 e. The van der Waals surface area contributed by atoms with E-state index in [0.717, 1.165) is 16.0 Å². The van der Waals surface area contributed by atoms with Crippen LogP contribution in [0.1, 0.15) is 82.7 Å². The maximum Gasteiger partial charge on any atom is 0.408 e. The van der Waals surface area contributed by atoms with E-state index in [4.69, 9.17) is 21.6 Å². The molecule has 2 aromatic rings. The summed E-state index contributed by atoms with van der Waals surface area (Å²) in [6.07, 6.45) is 4.62. The van der Waals surface area contributed by atoms with Gasteiger partial charge in [0.15, 0.2) is 0 Å². The van der Waals surface area contributed by atoms with E-state index in [-0.39, 0.29) is 19.3 Å². The number of esters is 1. The van der Waals surface area contributed by atoms with Gasteiger partial charge in [-0.3, -0.25) is 19.3 Å². The fourth-order valence-corrected chi connectivity index (χ4v) is 4.55. The van der Waals surface area contributed by atoms with Crippen molar-refractivity contribution in [2.75, 3.05) is 0 Å². The number of aryl methyl sites for hydroxylation is 2. The summed E-state index contributed by atoms with van der Waals surface area (Å²) >= 11 is 0. The highest BCUT2D eigenvalue weighted by Crippen LogP contribution is 2.27. The number of alkyl carbamates (subject to hydrolysis) is 1. The molecule has 0 bridgehead atoms. The van der Waals surface area contributed by atoms with Crippen molar-refractivity contribution in [3.63, 3.8) is 0 Å². The summed E-state index contributed by atoms with van der Waals surface area (Å²) in [5.41, 5.74) is 6.22. The van der Waals surface area contributed by atoms with E-state index in [1.165, 1.54) is 0 Å². The summed E-state index contributed by atoms with van der Waals surface area (Å²) in [5.74, 6) is -2.99.